The largest absolute Gasteiger partial charge is 0.352 e. The summed E-state index contributed by atoms with van der Waals surface area (Å²) in [5.74, 6) is -0.686. The van der Waals surface area contributed by atoms with Gasteiger partial charge in [-0.2, -0.15) is 0 Å². The molecule has 2 N–H and O–H groups in total. The van der Waals surface area contributed by atoms with Crippen molar-refractivity contribution in [3.63, 3.8) is 0 Å². The molecule has 146 valence electrons. The van der Waals surface area contributed by atoms with E-state index in [1.54, 1.807) is 22.7 Å². The second-order valence-corrected chi connectivity index (χ2v) is 7.58. The van der Waals surface area contributed by atoms with E-state index in [0.717, 1.165) is 16.1 Å². The maximum Gasteiger partial charge on any atom is 0.227 e. The zero-order valence-corrected chi connectivity index (χ0v) is 16.7. The predicted octanol–water partition coefficient (Wildman–Crippen LogP) is 3.04. The second kappa shape index (κ2) is 8.93. The van der Waals surface area contributed by atoms with Crippen molar-refractivity contribution in [1.82, 2.24) is 5.32 Å². The number of carbonyl (C=O) groups is 3. The van der Waals surface area contributed by atoms with Crippen LogP contribution in [-0.4, -0.2) is 30.5 Å². The van der Waals surface area contributed by atoms with Crippen LogP contribution in [0.4, 0.5) is 11.4 Å². The van der Waals surface area contributed by atoms with Crippen LogP contribution in [-0.2, 0) is 20.9 Å². The van der Waals surface area contributed by atoms with Crippen molar-refractivity contribution in [2.45, 2.75) is 24.8 Å². The van der Waals surface area contributed by atoms with Crippen molar-refractivity contribution in [3.8, 4) is 0 Å². The van der Waals surface area contributed by atoms with Gasteiger partial charge in [-0.15, -0.1) is 11.8 Å². The topological polar surface area (TPSA) is 78.5 Å². The van der Waals surface area contributed by atoms with Crippen LogP contribution in [0.25, 0.3) is 0 Å². The SMILES string of the molecule is CSc1ccc(N2CC(C(=O)NCc3cccc(NC(C)=O)c3)CC2=O)cc1. The monoisotopic (exact) mass is 397 g/mol. The summed E-state index contributed by atoms with van der Waals surface area (Å²) < 4.78 is 0. The van der Waals surface area contributed by atoms with Crippen LogP contribution in [0.5, 0.6) is 0 Å². The molecule has 28 heavy (non-hydrogen) atoms. The Kier molecular flexibility index (Phi) is 6.36. The van der Waals surface area contributed by atoms with Crippen LogP contribution in [0.1, 0.15) is 18.9 Å². The van der Waals surface area contributed by atoms with E-state index in [1.807, 2.05) is 48.7 Å². The minimum Gasteiger partial charge on any atom is -0.352 e. The van der Waals surface area contributed by atoms with Gasteiger partial charge < -0.3 is 15.5 Å². The van der Waals surface area contributed by atoms with Gasteiger partial charge in [0.1, 0.15) is 0 Å². The van der Waals surface area contributed by atoms with Crippen LogP contribution in [0.15, 0.2) is 53.4 Å². The van der Waals surface area contributed by atoms with Crippen molar-refractivity contribution < 1.29 is 14.4 Å². The number of anilines is 2. The van der Waals surface area contributed by atoms with Gasteiger partial charge in [-0.05, 0) is 48.2 Å². The lowest BCUT2D eigenvalue weighted by atomic mass is 10.1. The number of nitrogens with one attached hydrogen (secondary N) is 2. The number of hydrogen-bond acceptors (Lipinski definition) is 4. The molecule has 2 aromatic carbocycles. The lowest BCUT2D eigenvalue weighted by molar-refractivity contribution is -0.126. The number of hydrogen-bond donors (Lipinski definition) is 2. The molecular weight excluding hydrogens is 374 g/mol. The highest BCUT2D eigenvalue weighted by Gasteiger charge is 2.34. The molecule has 1 aliphatic rings. The minimum atomic E-state index is -0.369. The Morgan fingerprint density at radius 2 is 1.93 bits per heavy atom. The summed E-state index contributed by atoms with van der Waals surface area (Å²) in [6.45, 7) is 2.18. The molecule has 0 radical (unpaired) electrons. The molecule has 7 heteroatoms. The quantitative estimate of drug-likeness (QED) is 0.735. The third kappa shape index (κ3) is 4.92. The lowest BCUT2D eigenvalue weighted by Gasteiger charge is -2.17. The fourth-order valence-corrected chi connectivity index (χ4v) is 3.60. The van der Waals surface area contributed by atoms with Crippen molar-refractivity contribution >= 4 is 40.9 Å². The van der Waals surface area contributed by atoms with Gasteiger partial charge in [-0.25, -0.2) is 0 Å². The zero-order chi connectivity index (χ0) is 20.1. The normalized spacial score (nSPS) is 16.1. The first-order valence-corrected chi connectivity index (χ1v) is 10.3. The van der Waals surface area contributed by atoms with Crippen molar-refractivity contribution in [1.29, 1.82) is 0 Å². The van der Waals surface area contributed by atoms with Crippen LogP contribution in [0.2, 0.25) is 0 Å². The van der Waals surface area contributed by atoms with E-state index < -0.39 is 0 Å². The fraction of sp³-hybridized carbons (Fsp3) is 0.286. The molecule has 2 aromatic rings. The summed E-state index contributed by atoms with van der Waals surface area (Å²) in [5, 5.41) is 5.62. The highest BCUT2D eigenvalue weighted by atomic mass is 32.2. The molecule has 0 spiro atoms. The summed E-state index contributed by atoms with van der Waals surface area (Å²) in [7, 11) is 0. The van der Waals surface area contributed by atoms with Gasteiger partial charge in [0.2, 0.25) is 17.7 Å². The van der Waals surface area contributed by atoms with Gasteiger partial charge >= 0.3 is 0 Å². The Labute approximate surface area is 168 Å². The molecule has 1 aliphatic heterocycles. The van der Waals surface area contributed by atoms with Crippen LogP contribution in [0, 0.1) is 5.92 Å². The predicted molar refractivity (Wildman–Crippen MR) is 111 cm³/mol. The van der Waals surface area contributed by atoms with Crippen LogP contribution >= 0.6 is 11.8 Å². The Morgan fingerprint density at radius 1 is 1.18 bits per heavy atom. The molecule has 6 nitrogen and oxygen atoms in total. The third-order valence-corrected chi connectivity index (χ3v) is 5.34. The molecule has 1 unspecified atom stereocenters. The average molecular weight is 398 g/mol. The maximum absolute atomic E-state index is 12.5. The first kappa shape index (κ1) is 19.9. The van der Waals surface area contributed by atoms with Crippen molar-refractivity contribution in [2.75, 3.05) is 23.0 Å². The molecule has 0 saturated carbocycles. The zero-order valence-electron chi connectivity index (χ0n) is 15.9. The third-order valence-electron chi connectivity index (χ3n) is 4.59. The summed E-state index contributed by atoms with van der Waals surface area (Å²) in [6.07, 6.45) is 2.21. The lowest BCUT2D eigenvalue weighted by Crippen LogP contribution is -2.32. The molecule has 1 fully saturated rings. The first-order chi connectivity index (χ1) is 13.5. The molecule has 3 amide bonds. The van der Waals surface area contributed by atoms with Crippen LogP contribution in [0.3, 0.4) is 0 Å². The Balaban J connectivity index is 1.58. The van der Waals surface area contributed by atoms with E-state index in [1.165, 1.54) is 6.92 Å². The summed E-state index contributed by atoms with van der Waals surface area (Å²) >= 11 is 1.64. The van der Waals surface area contributed by atoms with Gasteiger partial charge in [-0.3, -0.25) is 14.4 Å². The first-order valence-electron chi connectivity index (χ1n) is 9.05. The van der Waals surface area contributed by atoms with E-state index in [9.17, 15) is 14.4 Å². The molecule has 1 heterocycles. The Morgan fingerprint density at radius 3 is 2.61 bits per heavy atom. The van der Waals surface area contributed by atoms with Gasteiger partial charge in [0.25, 0.3) is 0 Å². The van der Waals surface area contributed by atoms with Gasteiger partial charge in [0.05, 0.1) is 5.92 Å². The smallest absolute Gasteiger partial charge is 0.227 e. The molecule has 1 saturated heterocycles. The van der Waals surface area contributed by atoms with Gasteiger partial charge in [0, 0.05) is 42.7 Å². The molecule has 0 bridgehead atoms. The van der Waals surface area contributed by atoms with E-state index in [0.29, 0.717) is 18.8 Å². The number of nitrogens with zero attached hydrogens (tertiary/aromatic N) is 1. The number of rotatable bonds is 6. The Bertz CT molecular complexity index is 883. The molecule has 3 rings (SSSR count). The summed E-state index contributed by atoms with van der Waals surface area (Å²) in [5.41, 5.74) is 2.39. The molecule has 1 atom stereocenters. The molecule has 0 aromatic heterocycles. The summed E-state index contributed by atoms with van der Waals surface area (Å²) in [6, 6.07) is 15.1. The number of thioether (sulfide) groups is 1. The molecular formula is C21H23N3O3S. The van der Waals surface area contributed by atoms with Crippen molar-refractivity contribution in [2.24, 2.45) is 5.92 Å². The number of benzene rings is 2. The van der Waals surface area contributed by atoms with E-state index in [4.69, 9.17) is 0 Å². The highest BCUT2D eigenvalue weighted by molar-refractivity contribution is 7.98. The van der Waals surface area contributed by atoms with Crippen molar-refractivity contribution in [3.05, 3.63) is 54.1 Å². The number of carbonyl (C=O) groups excluding carboxylic acids is 3. The highest BCUT2D eigenvalue weighted by Crippen LogP contribution is 2.27. The Hall–Kier alpha value is -2.80. The van der Waals surface area contributed by atoms with Gasteiger partial charge in [-0.1, -0.05) is 12.1 Å². The second-order valence-electron chi connectivity index (χ2n) is 6.70. The minimum absolute atomic E-state index is 0.0373. The fourth-order valence-electron chi connectivity index (χ4n) is 3.19. The van der Waals surface area contributed by atoms with Gasteiger partial charge in [0.15, 0.2) is 0 Å². The standard InChI is InChI=1S/C21H23N3O3S/c1-14(25)23-17-5-3-4-15(10-17)12-22-21(27)16-11-20(26)24(13-16)18-6-8-19(28-2)9-7-18/h3-10,16H,11-13H2,1-2H3,(H,22,27)(H,23,25). The average Bonchev–Trinajstić information content (AvgIpc) is 3.08. The summed E-state index contributed by atoms with van der Waals surface area (Å²) in [4.78, 5) is 38.9. The van der Waals surface area contributed by atoms with Crippen LogP contribution < -0.4 is 15.5 Å². The van der Waals surface area contributed by atoms with E-state index in [2.05, 4.69) is 10.6 Å². The maximum atomic E-state index is 12.5. The van der Waals surface area contributed by atoms with E-state index in [-0.39, 0.29) is 30.1 Å². The van der Waals surface area contributed by atoms with E-state index >= 15 is 0 Å². The number of amides is 3. The molecule has 0 aliphatic carbocycles.